The van der Waals surface area contributed by atoms with Crippen LogP contribution in [0.4, 0.5) is 0 Å². The van der Waals surface area contributed by atoms with Crippen LogP contribution >= 0.6 is 0 Å². The molecule has 3 aromatic rings. The first-order chi connectivity index (χ1) is 10.8. The largest absolute Gasteiger partial charge is 0.481 e. The highest BCUT2D eigenvalue weighted by molar-refractivity contribution is 5.53. The Morgan fingerprint density at radius 3 is 3.09 bits per heavy atom. The minimum Gasteiger partial charge on any atom is -0.481 e. The van der Waals surface area contributed by atoms with E-state index in [0.29, 0.717) is 17.6 Å². The maximum atomic E-state index is 5.46. The summed E-state index contributed by atoms with van der Waals surface area (Å²) in [5.74, 6) is 2.05. The summed E-state index contributed by atoms with van der Waals surface area (Å²) >= 11 is 0. The number of nitrogens with one attached hydrogen (secondary N) is 1. The van der Waals surface area contributed by atoms with E-state index in [1.807, 2.05) is 12.3 Å². The van der Waals surface area contributed by atoms with Crippen molar-refractivity contribution in [3.63, 3.8) is 0 Å². The van der Waals surface area contributed by atoms with Crippen molar-refractivity contribution in [2.75, 3.05) is 7.11 Å². The lowest BCUT2D eigenvalue weighted by Crippen LogP contribution is -2.12. The number of aromatic nitrogens is 5. The molecule has 7 nitrogen and oxygen atoms in total. The number of hydrogen-bond donors (Lipinski definition) is 1. The molecule has 0 saturated heterocycles. The molecule has 1 unspecified atom stereocenters. The molecule has 1 N–H and O–H groups in total. The molecule has 3 aromatic heterocycles. The van der Waals surface area contributed by atoms with Gasteiger partial charge in [0.1, 0.15) is 0 Å². The van der Waals surface area contributed by atoms with Crippen LogP contribution in [0.5, 0.6) is 5.88 Å². The number of pyridine rings is 1. The zero-order valence-corrected chi connectivity index (χ0v) is 12.1. The average molecular weight is 297 g/mol. The molecule has 0 radical (unpaired) electrons. The van der Waals surface area contributed by atoms with Crippen molar-refractivity contribution >= 4 is 0 Å². The monoisotopic (exact) mass is 297 g/mol. The Hall–Kier alpha value is -2.70. The lowest BCUT2D eigenvalue weighted by molar-refractivity contribution is 0.340. The van der Waals surface area contributed by atoms with Gasteiger partial charge in [0.15, 0.2) is 0 Å². The zero-order chi connectivity index (χ0) is 14.9. The van der Waals surface area contributed by atoms with Gasteiger partial charge in [-0.05, 0) is 30.9 Å². The molecular weight excluding hydrogens is 282 g/mol. The Bertz CT molecular complexity index is 777. The molecule has 112 valence electrons. The van der Waals surface area contributed by atoms with Crippen molar-refractivity contribution in [1.82, 2.24) is 25.3 Å². The quantitative estimate of drug-likeness (QED) is 0.796. The topological polar surface area (TPSA) is 89.7 Å². The van der Waals surface area contributed by atoms with Gasteiger partial charge in [0.25, 0.3) is 0 Å². The van der Waals surface area contributed by atoms with Gasteiger partial charge in [-0.25, -0.2) is 4.98 Å². The molecule has 0 bridgehead atoms. The van der Waals surface area contributed by atoms with E-state index in [4.69, 9.17) is 9.26 Å². The Morgan fingerprint density at radius 1 is 1.32 bits per heavy atom. The molecule has 0 aromatic carbocycles. The maximum Gasteiger partial charge on any atom is 0.230 e. The smallest absolute Gasteiger partial charge is 0.230 e. The summed E-state index contributed by atoms with van der Waals surface area (Å²) in [4.78, 5) is 8.69. The molecule has 0 aliphatic heterocycles. The molecular formula is C15H15N5O2. The molecule has 1 aliphatic rings. The number of methoxy groups -OCH3 is 1. The lowest BCUT2D eigenvalue weighted by Gasteiger charge is -2.17. The Kier molecular flexibility index (Phi) is 3.10. The van der Waals surface area contributed by atoms with Crippen molar-refractivity contribution in [3.05, 3.63) is 41.7 Å². The second kappa shape index (κ2) is 5.25. The predicted molar refractivity (Wildman–Crippen MR) is 77.4 cm³/mol. The molecule has 1 aliphatic carbocycles. The van der Waals surface area contributed by atoms with Gasteiger partial charge in [0.05, 0.1) is 13.3 Å². The van der Waals surface area contributed by atoms with E-state index in [1.165, 1.54) is 11.3 Å². The molecule has 0 fully saturated rings. The van der Waals surface area contributed by atoms with Crippen LogP contribution in [0.3, 0.4) is 0 Å². The van der Waals surface area contributed by atoms with Crippen LogP contribution in [0.25, 0.3) is 11.4 Å². The molecule has 0 saturated carbocycles. The fourth-order valence-corrected chi connectivity index (χ4v) is 2.78. The predicted octanol–water partition coefficient (Wildman–Crippen LogP) is 2.14. The van der Waals surface area contributed by atoms with Crippen molar-refractivity contribution in [2.24, 2.45) is 0 Å². The number of aryl methyl sites for hydroxylation is 1. The summed E-state index contributed by atoms with van der Waals surface area (Å²) in [5.41, 5.74) is 3.27. The van der Waals surface area contributed by atoms with Gasteiger partial charge in [-0.3, -0.25) is 5.10 Å². The Morgan fingerprint density at radius 2 is 2.27 bits per heavy atom. The summed E-state index contributed by atoms with van der Waals surface area (Å²) < 4.78 is 10.5. The van der Waals surface area contributed by atoms with Gasteiger partial charge in [-0.2, -0.15) is 10.1 Å². The van der Waals surface area contributed by atoms with Gasteiger partial charge in [0.2, 0.25) is 17.6 Å². The third-order valence-electron chi connectivity index (χ3n) is 4.01. The third kappa shape index (κ3) is 2.24. The first kappa shape index (κ1) is 13.0. The van der Waals surface area contributed by atoms with E-state index < -0.39 is 0 Å². The highest BCUT2D eigenvalue weighted by atomic mass is 16.5. The zero-order valence-electron chi connectivity index (χ0n) is 12.1. The number of nitrogens with zero attached hydrogens (tertiary/aromatic N) is 4. The first-order valence-corrected chi connectivity index (χ1v) is 7.18. The second-order valence-electron chi connectivity index (χ2n) is 5.36. The van der Waals surface area contributed by atoms with Crippen LogP contribution in [0.1, 0.15) is 29.5 Å². The number of ether oxygens (including phenoxy) is 1. The Labute approximate surface area is 126 Å². The van der Waals surface area contributed by atoms with E-state index in [-0.39, 0.29) is 5.92 Å². The molecule has 22 heavy (non-hydrogen) atoms. The van der Waals surface area contributed by atoms with Crippen molar-refractivity contribution in [1.29, 1.82) is 0 Å². The van der Waals surface area contributed by atoms with Crippen LogP contribution in [0.2, 0.25) is 0 Å². The number of rotatable bonds is 3. The third-order valence-corrected chi connectivity index (χ3v) is 4.01. The highest BCUT2D eigenvalue weighted by Crippen LogP contribution is 2.31. The fraction of sp³-hybridized carbons (Fsp3) is 0.333. The second-order valence-corrected chi connectivity index (χ2v) is 5.36. The summed E-state index contributed by atoms with van der Waals surface area (Å²) in [6.07, 6.45) is 6.39. The number of fused-ring (bicyclic) bond motifs is 1. The molecule has 0 spiro atoms. The van der Waals surface area contributed by atoms with Crippen LogP contribution < -0.4 is 4.74 Å². The van der Waals surface area contributed by atoms with Crippen LogP contribution in [-0.4, -0.2) is 32.4 Å². The maximum absolute atomic E-state index is 5.46. The minimum absolute atomic E-state index is 0.248. The Balaban J connectivity index is 1.56. The van der Waals surface area contributed by atoms with Gasteiger partial charge in [0, 0.05) is 29.4 Å². The molecule has 3 heterocycles. The molecule has 4 rings (SSSR count). The first-order valence-electron chi connectivity index (χ1n) is 7.18. The summed E-state index contributed by atoms with van der Waals surface area (Å²) in [7, 11) is 1.58. The van der Waals surface area contributed by atoms with Gasteiger partial charge in [-0.15, -0.1) is 0 Å². The lowest BCUT2D eigenvalue weighted by atomic mass is 9.88. The summed E-state index contributed by atoms with van der Waals surface area (Å²) in [5, 5.41) is 11.2. The van der Waals surface area contributed by atoms with Crippen LogP contribution in [0, 0.1) is 0 Å². The van der Waals surface area contributed by atoms with Crippen molar-refractivity contribution in [3.8, 4) is 17.3 Å². The molecule has 1 atom stereocenters. The van der Waals surface area contributed by atoms with Crippen molar-refractivity contribution < 1.29 is 9.26 Å². The summed E-state index contributed by atoms with van der Waals surface area (Å²) in [6, 6.07) is 3.65. The van der Waals surface area contributed by atoms with Crippen LogP contribution in [-0.2, 0) is 12.8 Å². The van der Waals surface area contributed by atoms with E-state index in [2.05, 4.69) is 25.3 Å². The highest BCUT2D eigenvalue weighted by Gasteiger charge is 2.26. The van der Waals surface area contributed by atoms with E-state index >= 15 is 0 Å². The summed E-state index contributed by atoms with van der Waals surface area (Å²) in [6.45, 7) is 0. The number of hydrogen-bond acceptors (Lipinski definition) is 6. The van der Waals surface area contributed by atoms with Gasteiger partial charge in [-0.1, -0.05) is 5.16 Å². The standard InChI is InChI=1S/C15H15N5O2/c1-21-13-5-3-10(7-16-13)14-18-15(22-20-14)9-2-4-12-11(6-9)8-17-19-12/h3,5,7-9H,2,4,6H2,1H3,(H,17,19). The van der Waals surface area contributed by atoms with Crippen LogP contribution in [0.15, 0.2) is 29.0 Å². The fourth-order valence-electron chi connectivity index (χ4n) is 2.78. The number of aromatic amines is 1. The van der Waals surface area contributed by atoms with E-state index in [1.54, 1.807) is 19.4 Å². The number of H-pyrrole nitrogens is 1. The van der Waals surface area contributed by atoms with E-state index in [0.717, 1.165) is 24.8 Å². The van der Waals surface area contributed by atoms with Gasteiger partial charge >= 0.3 is 0 Å². The van der Waals surface area contributed by atoms with E-state index in [9.17, 15) is 0 Å². The molecule has 7 heteroatoms. The normalized spacial score (nSPS) is 17.2. The van der Waals surface area contributed by atoms with Gasteiger partial charge < -0.3 is 9.26 Å². The average Bonchev–Trinajstić information content (AvgIpc) is 3.23. The minimum atomic E-state index is 0.248. The van der Waals surface area contributed by atoms with Crippen molar-refractivity contribution in [2.45, 2.75) is 25.2 Å². The molecule has 0 amide bonds. The SMILES string of the molecule is COc1ccc(-c2noc(C3CCc4[nH]ncc4C3)n2)cn1.